The highest BCUT2D eigenvalue weighted by Crippen LogP contribution is 2.39. The molecule has 1 fully saturated rings. The highest BCUT2D eigenvalue weighted by Gasteiger charge is 2.31. The van der Waals surface area contributed by atoms with Gasteiger partial charge < -0.3 is 14.5 Å². The first-order valence-electron chi connectivity index (χ1n) is 11.3. The van der Waals surface area contributed by atoms with Crippen LogP contribution < -0.4 is 9.46 Å². The molecule has 3 aromatic rings. The number of fused-ring (bicyclic) bond motifs is 1. The number of aromatic nitrogens is 1. The van der Waals surface area contributed by atoms with Gasteiger partial charge in [0.1, 0.15) is 5.75 Å². The molecule has 2 atom stereocenters. The van der Waals surface area contributed by atoms with E-state index in [4.69, 9.17) is 9.47 Å². The molecular weight excluding hydrogens is 438 g/mol. The molecule has 1 aromatic heterocycles. The molecule has 178 valence electrons. The zero-order valence-electron chi connectivity index (χ0n) is 19.7. The largest absolute Gasteiger partial charge is 0.496 e. The summed E-state index contributed by atoms with van der Waals surface area (Å²) in [7, 11) is 1.44. The average molecular weight is 472 g/mol. The molecule has 8 heteroatoms. The van der Waals surface area contributed by atoms with Gasteiger partial charge in [-0.25, -0.2) is 13.1 Å². The number of sulfonamides is 1. The van der Waals surface area contributed by atoms with Crippen molar-refractivity contribution in [3.63, 3.8) is 0 Å². The van der Waals surface area contributed by atoms with Gasteiger partial charge in [0.15, 0.2) is 0 Å². The summed E-state index contributed by atoms with van der Waals surface area (Å²) in [5.74, 6) is 1.36. The second kappa shape index (κ2) is 9.85. The molecule has 0 saturated carbocycles. The Kier molecular flexibility index (Phi) is 7.09. The standard InChI is InChI=1S/C25H33N3O4S/c1-17-13-24(32-4)22(21-9-11-27-25(17)21)15-28-12-10-18(16-31-3)14-23(28)19-5-7-20(8-6-19)33(29,30)26-2/h5-9,11,13,18,23,26-27H,10,12,14-16H2,1-4H3/t18?,23-/m0/s1. The van der Waals surface area contributed by atoms with E-state index in [0.29, 0.717) is 5.92 Å². The molecule has 1 aliphatic heterocycles. The third-order valence-corrected chi connectivity index (χ3v) is 8.19. The maximum absolute atomic E-state index is 12.2. The quantitative estimate of drug-likeness (QED) is 0.519. The minimum absolute atomic E-state index is 0.158. The van der Waals surface area contributed by atoms with Crippen molar-refractivity contribution < 1.29 is 17.9 Å². The Labute approximate surface area is 196 Å². The lowest BCUT2D eigenvalue weighted by Gasteiger charge is -2.40. The van der Waals surface area contributed by atoms with Crippen molar-refractivity contribution in [2.45, 2.75) is 37.2 Å². The smallest absolute Gasteiger partial charge is 0.240 e. The zero-order chi connectivity index (χ0) is 23.6. The average Bonchev–Trinajstić information content (AvgIpc) is 3.32. The molecule has 0 radical (unpaired) electrons. The maximum atomic E-state index is 12.2. The van der Waals surface area contributed by atoms with Crippen molar-refractivity contribution >= 4 is 20.9 Å². The first-order valence-corrected chi connectivity index (χ1v) is 12.8. The molecule has 4 rings (SSSR count). The van der Waals surface area contributed by atoms with Crippen molar-refractivity contribution in [3.8, 4) is 5.75 Å². The van der Waals surface area contributed by atoms with Gasteiger partial charge in [0.05, 0.1) is 12.0 Å². The Hall–Kier alpha value is -2.39. The molecule has 0 aliphatic carbocycles. The number of aromatic amines is 1. The Morgan fingerprint density at radius 3 is 2.61 bits per heavy atom. The number of hydrogen-bond acceptors (Lipinski definition) is 5. The van der Waals surface area contributed by atoms with Gasteiger partial charge in [0.2, 0.25) is 10.0 Å². The second-order valence-corrected chi connectivity index (χ2v) is 10.6. The van der Waals surface area contributed by atoms with Gasteiger partial charge in [-0.05, 0) is 74.7 Å². The van der Waals surface area contributed by atoms with E-state index < -0.39 is 10.0 Å². The fraction of sp³-hybridized carbons (Fsp3) is 0.440. The van der Waals surface area contributed by atoms with E-state index in [1.165, 1.54) is 18.0 Å². The van der Waals surface area contributed by atoms with Gasteiger partial charge in [0, 0.05) is 49.0 Å². The van der Waals surface area contributed by atoms with E-state index in [1.54, 1.807) is 26.4 Å². The van der Waals surface area contributed by atoms with Crippen molar-refractivity contribution in [2.24, 2.45) is 5.92 Å². The molecule has 1 saturated heterocycles. The van der Waals surface area contributed by atoms with Crippen LogP contribution in [-0.4, -0.2) is 52.7 Å². The third-order valence-electron chi connectivity index (χ3n) is 6.76. The van der Waals surface area contributed by atoms with Crippen LogP contribution >= 0.6 is 0 Å². The van der Waals surface area contributed by atoms with Crippen LogP contribution in [0.4, 0.5) is 0 Å². The van der Waals surface area contributed by atoms with Crippen molar-refractivity contribution in [3.05, 3.63) is 59.3 Å². The van der Waals surface area contributed by atoms with E-state index in [9.17, 15) is 8.42 Å². The lowest BCUT2D eigenvalue weighted by Crippen LogP contribution is -2.37. The first-order chi connectivity index (χ1) is 15.9. The van der Waals surface area contributed by atoms with Crippen LogP contribution in [0, 0.1) is 12.8 Å². The number of piperidine rings is 1. The SMILES string of the molecule is CNS(=O)(=O)c1ccc([C@@H]2CC(COC)CCN2Cc2c(OC)cc(C)c3[nH]ccc23)cc1. The molecule has 0 spiro atoms. The molecule has 2 N–H and O–H groups in total. The number of likely N-dealkylation sites (tertiary alicyclic amines) is 1. The van der Waals surface area contributed by atoms with Gasteiger partial charge in [-0.15, -0.1) is 0 Å². The molecule has 7 nitrogen and oxygen atoms in total. The summed E-state index contributed by atoms with van der Waals surface area (Å²) in [6.45, 7) is 4.49. The highest BCUT2D eigenvalue weighted by molar-refractivity contribution is 7.89. The van der Waals surface area contributed by atoms with Crippen molar-refractivity contribution in [1.82, 2.24) is 14.6 Å². The number of aryl methyl sites for hydroxylation is 1. The Bertz CT molecular complexity index is 1200. The molecule has 0 amide bonds. The van der Waals surface area contributed by atoms with Crippen LogP contribution in [0.5, 0.6) is 5.75 Å². The van der Waals surface area contributed by atoms with E-state index in [0.717, 1.165) is 54.9 Å². The van der Waals surface area contributed by atoms with Crippen LogP contribution in [0.3, 0.4) is 0 Å². The lowest BCUT2D eigenvalue weighted by molar-refractivity contribution is 0.0579. The Morgan fingerprint density at radius 2 is 1.94 bits per heavy atom. The first kappa shape index (κ1) is 23.8. The van der Waals surface area contributed by atoms with Crippen LogP contribution in [0.1, 0.15) is 35.6 Å². The van der Waals surface area contributed by atoms with Gasteiger partial charge in [-0.2, -0.15) is 0 Å². The number of hydrogen-bond donors (Lipinski definition) is 2. The summed E-state index contributed by atoms with van der Waals surface area (Å²) in [6, 6.07) is 11.6. The number of benzene rings is 2. The van der Waals surface area contributed by atoms with Crippen molar-refractivity contribution in [2.75, 3.05) is 34.4 Å². The van der Waals surface area contributed by atoms with Crippen LogP contribution in [-0.2, 0) is 21.3 Å². The fourth-order valence-corrected chi connectivity index (χ4v) is 5.71. The highest BCUT2D eigenvalue weighted by atomic mass is 32.2. The van der Waals surface area contributed by atoms with Crippen molar-refractivity contribution in [1.29, 1.82) is 0 Å². The summed E-state index contributed by atoms with van der Waals surface area (Å²) in [5.41, 5.74) is 4.58. The number of nitrogens with one attached hydrogen (secondary N) is 2. The summed E-state index contributed by atoms with van der Waals surface area (Å²) >= 11 is 0. The van der Waals surface area contributed by atoms with Crippen LogP contribution in [0.25, 0.3) is 10.9 Å². The van der Waals surface area contributed by atoms with E-state index in [1.807, 2.05) is 18.3 Å². The summed E-state index contributed by atoms with van der Waals surface area (Å²) in [6.07, 6.45) is 3.99. The molecule has 2 aromatic carbocycles. The van der Waals surface area contributed by atoms with Gasteiger partial charge >= 0.3 is 0 Å². The van der Waals surface area contributed by atoms with Crippen LogP contribution in [0.15, 0.2) is 47.5 Å². The van der Waals surface area contributed by atoms with Gasteiger partial charge in [-0.1, -0.05) is 12.1 Å². The second-order valence-electron chi connectivity index (χ2n) is 8.75. The van der Waals surface area contributed by atoms with E-state index in [-0.39, 0.29) is 10.9 Å². The minimum Gasteiger partial charge on any atom is -0.496 e. The van der Waals surface area contributed by atoms with E-state index >= 15 is 0 Å². The summed E-state index contributed by atoms with van der Waals surface area (Å²) < 4.78 is 38.0. The molecule has 2 heterocycles. The minimum atomic E-state index is -3.46. The number of ether oxygens (including phenoxy) is 2. The predicted molar refractivity (Wildman–Crippen MR) is 130 cm³/mol. The summed E-state index contributed by atoms with van der Waals surface area (Å²) in [5, 5.41) is 1.18. The molecule has 0 bridgehead atoms. The molecular formula is C25H33N3O4S. The Balaban J connectivity index is 1.69. The normalized spacial score (nSPS) is 19.8. The fourth-order valence-electron chi connectivity index (χ4n) is 4.98. The molecule has 1 aliphatic rings. The zero-order valence-corrected chi connectivity index (χ0v) is 20.5. The van der Waals surface area contributed by atoms with Crippen LogP contribution in [0.2, 0.25) is 0 Å². The lowest BCUT2D eigenvalue weighted by atomic mass is 9.87. The number of H-pyrrole nitrogens is 1. The number of rotatable bonds is 8. The molecule has 33 heavy (non-hydrogen) atoms. The maximum Gasteiger partial charge on any atom is 0.240 e. The molecule has 1 unspecified atom stereocenters. The third kappa shape index (κ3) is 4.80. The van der Waals surface area contributed by atoms with Gasteiger partial charge in [-0.3, -0.25) is 4.90 Å². The Morgan fingerprint density at radius 1 is 1.18 bits per heavy atom. The monoisotopic (exact) mass is 471 g/mol. The van der Waals surface area contributed by atoms with Gasteiger partial charge in [0.25, 0.3) is 0 Å². The summed E-state index contributed by atoms with van der Waals surface area (Å²) in [4.78, 5) is 6.11. The predicted octanol–water partition coefficient (Wildman–Crippen LogP) is 3.99. The van der Waals surface area contributed by atoms with E-state index in [2.05, 4.69) is 33.7 Å². The topological polar surface area (TPSA) is 83.7 Å². The number of nitrogens with zero attached hydrogens (tertiary/aromatic N) is 1. The number of methoxy groups -OCH3 is 2.